The Bertz CT molecular complexity index is 1730. The van der Waals surface area contributed by atoms with E-state index in [4.69, 9.17) is 21.4 Å². The van der Waals surface area contributed by atoms with E-state index >= 15 is 0 Å². The normalized spacial score (nSPS) is 16.0. The van der Waals surface area contributed by atoms with E-state index in [9.17, 15) is 9.59 Å². The van der Waals surface area contributed by atoms with Crippen LogP contribution in [0.5, 0.6) is 0 Å². The molecule has 2 atom stereocenters. The first-order chi connectivity index (χ1) is 20.1. The Balaban J connectivity index is 1.25. The lowest BCUT2D eigenvalue weighted by molar-refractivity contribution is -0.0369. The van der Waals surface area contributed by atoms with Crippen molar-refractivity contribution < 1.29 is 9.53 Å². The minimum atomic E-state index is -0.240. The zero-order valence-electron chi connectivity index (χ0n) is 22.4. The smallest absolute Gasteiger partial charge is 0.251 e. The van der Waals surface area contributed by atoms with Crippen LogP contribution in [0.15, 0.2) is 96.1 Å². The average Bonchev–Trinajstić information content (AvgIpc) is 3.38. The molecule has 5 aromatic rings. The van der Waals surface area contributed by atoms with Gasteiger partial charge in [-0.1, -0.05) is 48.0 Å². The number of fused-ring (bicyclic) bond motifs is 1. The standard InChI is InChI=1S/C32H30ClN5O3/c33-24-12-13-29-25(19-24)28(36-38(29)31-11-5-7-17-41-31)20-35-32(40)23-14-15-34-27(18-23)26(22-8-2-1-3-9-22)21-37-16-6-4-10-30(37)39/h1-4,6,8-10,12-16,18-19,26,31H,5,7,11,17,20-21H2,(H,35,40). The SMILES string of the molecule is O=C(NCc1nn(C2CCCCO2)c2ccc(Cl)cc12)c1ccnc(C(Cn2ccccc2=O)c2ccccc2)c1. The lowest BCUT2D eigenvalue weighted by atomic mass is 9.94. The molecule has 1 N–H and O–H groups in total. The highest BCUT2D eigenvalue weighted by molar-refractivity contribution is 6.31. The van der Waals surface area contributed by atoms with Crippen molar-refractivity contribution in [3.63, 3.8) is 0 Å². The first-order valence-corrected chi connectivity index (χ1v) is 14.2. The third kappa shape index (κ3) is 5.94. The summed E-state index contributed by atoms with van der Waals surface area (Å²) >= 11 is 6.33. The molecule has 0 saturated carbocycles. The van der Waals surface area contributed by atoms with Gasteiger partial charge in [0.2, 0.25) is 0 Å². The molecule has 1 fully saturated rings. The number of pyridine rings is 2. The Labute approximate surface area is 242 Å². The van der Waals surface area contributed by atoms with Crippen molar-refractivity contribution in [1.82, 2.24) is 24.6 Å². The van der Waals surface area contributed by atoms with Gasteiger partial charge in [-0.3, -0.25) is 14.6 Å². The summed E-state index contributed by atoms with van der Waals surface area (Å²) in [7, 11) is 0. The second-order valence-corrected chi connectivity index (χ2v) is 10.6. The van der Waals surface area contributed by atoms with Gasteiger partial charge in [0.15, 0.2) is 6.23 Å². The number of amides is 1. The highest BCUT2D eigenvalue weighted by Gasteiger charge is 2.22. The topological polar surface area (TPSA) is 91.0 Å². The molecular weight excluding hydrogens is 538 g/mol. The van der Waals surface area contributed by atoms with Crippen LogP contribution in [0.2, 0.25) is 5.02 Å². The van der Waals surface area contributed by atoms with Crippen LogP contribution in [0.4, 0.5) is 0 Å². The van der Waals surface area contributed by atoms with Crippen molar-refractivity contribution in [2.45, 2.75) is 44.5 Å². The lowest BCUT2D eigenvalue weighted by Crippen LogP contribution is -2.25. The zero-order chi connectivity index (χ0) is 28.2. The van der Waals surface area contributed by atoms with Crippen molar-refractivity contribution in [3.05, 3.63) is 129 Å². The summed E-state index contributed by atoms with van der Waals surface area (Å²) in [5, 5.41) is 9.36. The summed E-state index contributed by atoms with van der Waals surface area (Å²) in [6.45, 7) is 1.34. The molecule has 3 aromatic heterocycles. The van der Waals surface area contributed by atoms with E-state index in [2.05, 4.69) is 10.3 Å². The molecule has 1 aliphatic rings. The number of hydrogen-bond acceptors (Lipinski definition) is 5. The molecule has 6 rings (SSSR count). The number of ether oxygens (including phenoxy) is 1. The lowest BCUT2D eigenvalue weighted by Gasteiger charge is -2.23. The molecule has 1 saturated heterocycles. The van der Waals surface area contributed by atoms with Crippen molar-refractivity contribution in [2.75, 3.05) is 6.61 Å². The third-order valence-electron chi connectivity index (χ3n) is 7.47. The van der Waals surface area contributed by atoms with E-state index in [-0.39, 0.29) is 30.2 Å². The van der Waals surface area contributed by atoms with Gasteiger partial charge in [0.1, 0.15) is 0 Å². The van der Waals surface area contributed by atoms with Crippen molar-refractivity contribution >= 4 is 28.4 Å². The van der Waals surface area contributed by atoms with Gasteiger partial charge < -0.3 is 14.6 Å². The Morgan fingerprint density at radius 3 is 2.71 bits per heavy atom. The Morgan fingerprint density at radius 2 is 1.90 bits per heavy atom. The van der Waals surface area contributed by atoms with E-state index in [0.29, 0.717) is 29.4 Å². The molecule has 2 aromatic carbocycles. The predicted octanol–water partition coefficient (Wildman–Crippen LogP) is 5.71. The minimum absolute atomic E-state index is 0.0901. The summed E-state index contributed by atoms with van der Waals surface area (Å²) in [5.41, 5.74) is 3.76. The molecule has 1 amide bonds. The summed E-state index contributed by atoms with van der Waals surface area (Å²) in [4.78, 5) is 30.5. The summed E-state index contributed by atoms with van der Waals surface area (Å²) < 4.78 is 9.56. The van der Waals surface area contributed by atoms with Crippen LogP contribution in [0.25, 0.3) is 10.9 Å². The third-order valence-corrected chi connectivity index (χ3v) is 7.71. The number of carbonyl (C=O) groups excluding carboxylic acids is 1. The number of carbonyl (C=O) groups is 1. The molecule has 2 unspecified atom stereocenters. The van der Waals surface area contributed by atoms with Crippen molar-refractivity contribution in [3.8, 4) is 0 Å². The molecule has 208 valence electrons. The molecule has 8 nitrogen and oxygen atoms in total. The molecule has 0 aliphatic carbocycles. The molecule has 41 heavy (non-hydrogen) atoms. The maximum atomic E-state index is 13.4. The molecular formula is C32H30ClN5O3. The monoisotopic (exact) mass is 567 g/mol. The first-order valence-electron chi connectivity index (χ1n) is 13.8. The summed E-state index contributed by atoms with van der Waals surface area (Å²) in [6.07, 6.45) is 6.29. The first kappa shape index (κ1) is 26.9. The number of rotatable bonds is 8. The van der Waals surface area contributed by atoms with Crippen LogP contribution in [-0.2, 0) is 17.8 Å². The zero-order valence-corrected chi connectivity index (χ0v) is 23.2. The van der Waals surface area contributed by atoms with E-state index in [1.807, 2.05) is 59.3 Å². The van der Waals surface area contributed by atoms with Gasteiger partial charge in [0.05, 0.1) is 23.4 Å². The number of halogens is 1. The van der Waals surface area contributed by atoms with Crippen LogP contribution < -0.4 is 10.9 Å². The Kier molecular flexibility index (Phi) is 7.93. The van der Waals surface area contributed by atoms with E-state index in [0.717, 1.165) is 41.4 Å². The molecule has 9 heteroatoms. The van der Waals surface area contributed by atoms with Crippen molar-refractivity contribution in [2.24, 2.45) is 0 Å². The molecule has 1 aliphatic heterocycles. The van der Waals surface area contributed by atoms with Crippen LogP contribution in [-0.4, -0.2) is 31.8 Å². The van der Waals surface area contributed by atoms with Crippen molar-refractivity contribution in [1.29, 1.82) is 0 Å². The van der Waals surface area contributed by atoms with Gasteiger partial charge in [0, 0.05) is 53.5 Å². The highest BCUT2D eigenvalue weighted by atomic mass is 35.5. The number of nitrogens with zero attached hydrogens (tertiary/aromatic N) is 4. The van der Waals surface area contributed by atoms with Crippen LogP contribution >= 0.6 is 11.6 Å². The fraction of sp³-hybridized carbons (Fsp3) is 0.250. The second-order valence-electron chi connectivity index (χ2n) is 10.2. The van der Waals surface area contributed by atoms with Crippen LogP contribution in [0.1, 0.15) is 58.7 Å². The molecule has 0 radical (unpaired) electrons. The van der Waals surface area contributed by atoms with Crippen LogP contribution in [0.3, 0.4) is 0 Å². The number of hydrogen-bond donors (Lipinski definition) is 1. The number of aromatic nitrogens is 4. The quantitative estimate of drug-likeness (QED) is 0.259. The van der Waals surface area contributed by atoms with Gasteiger partial charge >= 0.3 is 0 Å². The maximum Gasteiger partial charge on any atom is 0.251 e. The van der Waals surface area contributed by atoms with Gasteiger partial charge in [-0.2, -0.15) is 5.10 Å². The van der Waals surface area contributed by atoms with Gasteiger partial charge in [-0.05, 0) is 61.2 Å². The highest BCUT2D eigenvalue weighted by Crippen LogP contribution is 2.30. The summed E-state index contributed by atoms with van der Waals surface area (Å²) in [6, 6.07) is 24.1. The molecule has 0 spiro atoms. The van der Waals surface area contributed by atoms with Gasteiger partial charge in [0.25, 0.3) is 11.5 Å². The van der Waals surface area contributed by atoms with Gasteiger partial charge in [-0.15, -0.1) is 0 Å². The van der Waals surface area contributed by atoms with E-state index < -0.39 is 0 Å². The minimum Gasteiger partial charge on any atom is -0.356 e. The largest absolute Gasteiger partial charge is 0.356 e. The Hall–Kier alpha value is -4.27. The molecule has 0 bridgehead atoms. The van der Waals surface area contributed by atoms with E-state index in [1.165, 1.54) is 6.07 Å². The molecule has 4 heterocycles. The second kappa shape index (κ2) is 12.1. The van der Waals surface area contributed by atoms with Crippen LogP contribution in [0, 0.1) is 0 Å². The number of nitrogens with one attached hydrogen (secondary N) is 1. The number of benzene rings is 2. The van der Waals surface area contributed by atoms with Gasteiger partial charge in [-0.25, -0.2) is 4.68 Å². The average molecular weight is 568 g/mol. The van der Waals surface area contributed by atoms with E-state index in [1.54, 1.807) is 35.2 Å². The predicted molar refractivity (Wildman–Crippen MR) is 158 cm³/mol. The fourth-order valence-electron chi connectivity index (χ4n) is 5.35. The summed E-state index contributed by atoms with van der Waals surface area (Å²) in [5.74, 6) is -0.461. The maximum absolute atomic E-state index is 13.4. The Morgan fingerprint density at radius 1 is 1.05 bits per heavy atom. The fourth-order valence-corrected chi connectivity index (χ4v) is 5.53.